The molecule has 2 rings (SSSR count). The van der Waals surface area contributed by atoms with E-state index < -0.39 is 0 Å². The van der Waals surface area contributed by atoms with Crippen LogP contribution in [0.2, 0.25) is 0 Å². The number of hydrogen-bond donors (Lipinski definition) is 2. The van der Waals surface area contributed by atoms with Gasteiger partial charge >= 0.3 is 0 Å². The molecule has 1 aliphatic carbocycles. The summed E-state index contributed by atoms with van der Waals surface area (Å²) in [6.45, 7) is 0. The Morgan fingerprint density at radius 3 is 2.78 bits per heavy atom. The third kappa shape index (κ3) is 3.29. The highest BCUT2D eigenvalue weighted by atomic mass is 79.9. The molecule has 1 aromatic carbocycles. The zero-order valence-electron chi connectivity index (χ0n) is 9.91. The molecular weight excluding hydrogens is 312 g/mol. The van der Waals surface area contributed by atoms with E-state index in [0.29, 0.717) is 28.6 Å². The number of thiocarbonyl (C=S) groups is 1. The van der Waals surface area contributed by atoms with Crippen LogP contribution in [0.15, 0.2) is 22.7 Å². The molecule has 96 valence electrons. The quantitative estimate of drug-likeness (QED) is 0.835. The maximum absolute atomic E-state index is 11.9. The predicted octanol–water partition coefficient (Wildman–Crippen LogP) is 3.21. The average Bonchev–Trinajstić information content (AvgIpc) is 2.23. The van der Waals surface area contributed by atoms with Crippen molar-refractivity contribution in [3.05, 3.63) is 28.2 Å². The third-order valence-corrected chi connectivity index (χ3v) is 3.93. The zero-order chi connectivity index (χ0) is 13.1. The van der Waals surface area contributed by atoms with Crippen LogP contribution >= 0.6 is 28.1 Å². The maximum Gasteiger partial charge on any atom is 0.224 e. The maximum atomic E-state index is 11.9. The molecule has 1 saturated carbocycles. The Bertz CT molecular complexity index is 486. The number of nitrogens with one attached hydrogen (secondary N) is 1. The Hall–Kier alpha value is -0.940. The molecule has 3 nitrogen and oxygen atoms in total. The second-order valence-corrected chi connectivity index (χ2v) is 5.96. The molecule has 0 radical (unpaired) electrons. The smallest absolute Gasteiger partial charge is 0.224 e. The summed E-state index contributed by atoms with van der Waals surface area (Å²) in [5.41, 5.74) is 7.03. The Morgan fingerprint density at radius 2 is 2.22 bits per heavy atom. The van der Waals surface area contributed by atoms with Crippen LogP contribution in [0.3, 0.4) is 0 Å². The van der Waals surface area contributed by atoms with E-state index in [0.717, 1.165) is 17.3 Å². The molecule has 1 amide bonds. The first-order chi connectivity index (χ1) is 8.56. The van der Waals surface area contributed by atoms with Gasteiger partial charge < -0.3 is 11.1 Å². The Balaban J connectivity index is 2.08. The van der Waals surface area contributed by atoms with Gasteiger partial charge in [-0.1, -0.05) is 34.6 Å². The van der Waals surface area contributed by atoms with Gasteiger partial charge in [-0.15, -0.1) is 0 Å². The first-order valence-corrected chi connectivity index (χ1v) is 7.15. The molecule has 0 bridgehead atoms. The molecule has 0 atom stereocenters. The highest BCUT2D eigenvalue weighted by Crippen LogP contribution is 2.30. The number of benzene rings is 1. The Kier molecular flexibility index (Phi) is 4.35. The minimum absolute atomic E-state index is 0.0373. The summed E-state index contributed by atoms with van der Waals surface area (Å²) in [5.74, 6) is 0.584. The van der Waals surface area contributed by atoms with E-state index in [1.54, 1.807) is 0 Å². The summed E-state index contributed by atoms with van der Waals surface area (Å²) in [4.78, 5) is 12.2. The van der Waals surface area contributed by atoms with E-state index in [4.69, 9.17) is 18.0 Å². The normalized spacial score (nSPS) is 14.9. The van der Waals surface area contributed by atoms with Crippen molar-refractivity contribution >= 4 is 44.7 Å². The van der Waals surface area contributed by atoms with Crippen LogP contribution in [0.5, 0.6) is 0 Å². The highest BCUT2D eigenvalue weighted by Gasteiger charge is 2.21. The molecular formula is C13H15BrN2OS. The lowest BCUT2D eigenvalue weighted by molar-refractivity contribution is -0.117. The molecule has 0 saturated heterocycles. The Labute approximate surface area is 120 Å². The second-order valence-electron chi connectivity index (χ2n) is 4.60. The predicted molar refractivity (Wildman–Crippen MR) is 80.6 cm³/mol. The third-order valence-electron chi connectivity index (χ3n) is 3.22. The van der Waals surface area contributed by atoms with E-state index in [2.05, 4.69) is 21.2 Å². The van der Waals surface area contributed by atoms with Crippen LogP contribution in [0, 0.1) is 5.92 Å². The molecule has 1 fully saturated rings. The van der Waals surface area contributed by atoms with Gasteiger partial charge in [0.15, 0.2) is 0 Å². The van der Waals surface area contributed by atoms with Crippen LogP contribution < -0.4 is 11.1 Å². The number of nitrogens with two attached hydrogens (primary N) is 1. The van der Waals surface area contributed by atoms with E-state index in [-0.39, 0.29) is 5.91 Å². The molecule has 0 heterocycles. The summed E-state index contributed by atoms with van der Waals surface area (Å²) in [6.07, 6.45) is 4.15. The standard InChI is InChI=1S/C13H15BrN2OS/c14-9-4-5-10(13(15)18)11(7-9)16-12(17)6-8-2-1-3-8/h4-5,7-8H,1-3,6H2,(H2,15,18)(H,16,17). The van der Waals surface area contributed by atoms with Gasteiger partial charge in [0.25, 0.3) is 0 Å². The fourth-order valence-electron chi connectivity index (χ4n) is 2.00. The SMILES string of the molecule is NC(=S)c1ccc(Br)cc1NC(=O)CC1CCC1. The minimum Gasteiger partial charge on any atom is -0.389 e. The van der Waals surface area contributed by atoms with Gasteiger partial charge in [0.05, 0.1) is 5.69 Å². The van der Waals surface area contributed by atoms with E-state index >= 15 is 0 Å². The van der Waals surface area contributed by atoms with Crippen molar-refractivity contribution in [1.82, 2.24) is 0 Å². The van der Waals surface area contributed by atoms with Crippen LogP contribution in [0.4, 0.5) is 5.69 Å². The van der Waals surface area contributed by atoms with Crippen molar-refractivity contribution in [2.45, 2.75) is 25.7 Å². The van der Waals surface area contributed by atoms with Crippen LogP contribution in [0.25, 0.3) is 0 Å². The number of rotatable bonds is 4. The van der Waals surface area contributed by atoms with Crippen LogP contribution in [-0.2, 0) is 4.79 Å². The monoisotopic (exact) mass is 326 g/mol. The number of amides is 1. The van der Waals surface area contributed by atoms with Gasteiger partial charge in [0.1, 0.15) is 4.99 Å². The molecule has 1 aliphatic rings. The number of halogens is 1. The largest absolute Gasteiger partial charge is 0.389 e. The number of carbonyl (C=O) groups is 1. The number of anilines is 1. The average molecular weight is 327 g/mol. The van der Waals surface area contributed by atoms with Gasteiger partial charge in [0, 0.05) is 16.5 Å². The van der Waals surface area contributed by atoms with Gasteiger partial charge in [0.2, 0.25) is 5.91 Å². The molecule has 18 heavy (non-hydrogen) atoms. The van der Waals surface area contributed by atoms with Crippen molar-refractivity contribution < 1.29 is 4.79 Å². The van der Waals surface area contributed by atoms with Gasteiger partial charge in [-0.05, 0) is 37.0 Å². The molecule has 5 heteroatoms. The molecule has 1 aromatic rings. The first kappa shape index (κ1) is 13.5. The minimum atomic E-state index is 0.0373. The number of hydrogen-bond acceptors (Lipinski definition) is 2. The zero-order valence-corrected chi connectivity index (χ0v) is 12.3. The van der Waals surface area contributed by atoms with Crippen LogP contribution in [-0.4, -0.2) is 10.9 Å². The lowest BCUT2D eigenvalue weighted by Crippen LogP contribution is -2.22. The molecule has 0 spiro atoms. The topological polar surface area (TPSA) is 55.1 Å². The first-order valence-electron chi connectivity index (χ1n) is 5.95. The van der Waals surface area contributed by atoms with Crippen molar-refractivity contribution in [2.75, 3.05) is 5.32 Å². The lowest BCUT2D eigenvalue weighted by atomic mass is 9.83. The summed E-state index contributed by atoms with van der Waals surface area (Å²) in [6, 6.07) is 5.49. The highest BCUT2D eigenvalue weighted by molar-refractivity contribution is 9.10. The molecule has 0 unspecified atom stereocenters. The fraction of sp³-hybridized carbons (Fsp3) is 0.385. The molecule has 3 N–H and O–H groups in total. The Morgan fingerprint density at radius 1 is 1.50 bits per heavy atom. The second kappa shape index (κ2) is 5.80. The number of carbonyl (C=O) groups excluding carboxylic acids is 1. The van der Waals surface area contributed by atoms with Crippen molar-refractivity contribution in [3.8, 4) is 0 Å². The van der Waals surface area contributed by atoms with Gasteiger partial charge in [-0.25, -0.2) is 0 Å². The van der Waals surface area contributed by atoms with Crippen molar-refractivity contribution in [2.24, 2.45) is 11.7 Å². The van der Waals surface area contributed by atoms with Gasteiger partial charge in [-0.2, -0.15) is 0 Å². The summed E-state index contributed by atoms with van der Waals surface area (Å²) in [7, 11) is 0. The van der Waals surface area contributed by atoms with E-state index in [1.807, 2.05) is 18.2 Å². The van der Waals surface area contributed by atoms with Crippen LogP contribution in [0.1, 0.15) is 31.2 Å². The van der Waals surface area contributed by atoms with Gasteiger partial charge in [-0.3, -0.25) is 4.79 Å². The summed E-state index contributed by atoms with van der Waals surface area (Å²) < 4.78 is 0.890. The van der Waals surface area contributed by atoms with E-state index in [9.17, 15) is 4.79 Å². The summed E-state index contributed by atoms with van der Waals surface area (Å²) >= 11 is 8.35. The van der Waals surface area contributed by atoms with E-state index in [1.165, 1.54) is 6.42 Å². The molecule has 0 aromatic heterocycles. The van der Waals surface area contributed by atoms with Crippen molar-refractivity contribution in [1.29, 1.82) is 0 Å². The fourth-order valence-corrected chi connectivity index (χ4v) is 2.53. The summed E-state index contributed by atoms with van der Waals surface area (Å²) in [5, 5.41) is 2.90. The molecule has 0 aliphatic heterocycles. The lowest BCUT2D eigenvalue weighted by Gasteiger charge is -2.24. The van der Waals surface area contributed by atoms with Crippen molar-refractivity contribution in [3.63, 3.8) is 0 Å².